The predicted molar refractivity (Wildman–Crippen MR) is 61.7 cm³/mol. The first-order valence-corrected chi connectivity index (χ1v) is 5.74. The van der Waals surface area contributed by atoms with Gasteiger partial charge in [0.25, 0.3) is 0 Å². The van der Waals surface area contributed by atoms with Crippen LogP contribution in [0.5, 0.6) is 0 Å². The Morgan fingerprint density at radius 2 is 1.58 bits per heavy atom. The van der Waals surface area contributed by atoms with Gasteiger partial charge in [-0.1, -0.05) is 0 Å². The topological polar surface area (TPSA) is 52.6 Å². The smallest absolute Gasteiger partial charge is 0.344 e. The molecule has 0 atom stereocenters. The lowest BCUT2D eigenvalue weighted by Gasteiger charge is -2.23. The van der Waals surface area contributed by atoms with Crippen molar-refractivity contribution in [1.82, 2.24) is 0 Å². The second-order valence-corrected chi connectivity index (χ2v) is 3.72. The Labute approximate surface area is 109 Å². The average Bonchev–Trinajstić information content (AvgIpc) is 2.42. The highest BCUT2D eigenvalue weighted by Gasteiger charge is 2.43. The van der Waals surface area contributed by atoms with Crippen molar-refractivity contribution in [3.05, 3.63) is 11.8 Å². The zero-order valence-corrected chi connectivity index (χ0v) is 10.9. The molecule has 0 amide bonds. The highest BCUT2D eigenvalue weighted by Crippen LogP contribution is 2.26. The fourth-order valence-electron chi connectivity index (χ4n) is 1.14. The van der Waals surface area contributed by atoms with Gasteiger partial charge in [0.05, 0.1) is 13.2 Å². The van der Waals surface area contributed by atoms with Crippen molar-refractivity contribution in [3.8, 4) is 0 Å². The third-order valence-corrected chi connectivity index (χ3v) is 2.36. The van der Waals surface area contributed by atoms with E-state index in [-0.39, 0.29) is 13.2 Å². The van der Waals surface area contributed by atoms with E-state index in [4.69, 9.17) is 4.74 Å². The molecule has 0 aliphatic rings. The van der Waals surface area contributed by atoms with Gasteiger partial charge in [-0.25, -0.2) is 18.0 Å². The molecule has 0 radical (unpaired) electrons. The summed E-state index contributed by atoms with van der Waals surface area (Å²) in [6.07, 6.45) is 0.746. The van der Waals surface area contributed by atoms with Gasteiger partial charge >= 0.3 is 5.97 Å². The number of hydrogen-bond acceptors (Lipinski definition) is 4. The number of halogens is 3. The SMILES string of the molecule is CCOC=C(C(=O)OCC)C(=O)C(CF)(CF)CF. The van der Waals surface area contributed by atoms with Gasteiger partial charge in [-0.15, -0.1) is 0 Å². The first-order chi connectivity index (χ1) is 9.02. The maximum atomic E-state index is 12.8. The van der Waals surface area contributed by atoms with Gasteiger partial charge in [-0.3, -0.25) is 4.79 Å². The monoisotopic (exact) mass is 282 g/mol. The van der Waals surface area contributed by atoms with Crippen molar-refractivity contribution < 1.29 is 32.2 Å². The number of carbonyl (C=O) groups is 2. The van der Waals surface area contributed by atoms with Gasteiger partial charge in [-0.2, -0.15) is 0 Å². The summed E-state index contributed by atoms with van der Waals surface area (Å²) in [5, 5.41) is 0. The molecule has 0 aliphatic heterocycles. The van der Waals surface area contributed by atoms with Crippen LogP contribution in [0.1, 0.15) is 13.8 Å². The lowest BCUT2D eigenvalue weighted by Crippen LogP contribution is -2.41. The second-order valence-electron chi connectivity index (χ2n) is 3.72. The first kappa shape index (κ1) is 17.5. The average molecular weight is 282 g/mol. The van der Waals surface area contributed by atoms with Crippen LogP contribution in [0.4, 0.5) is 13.2 Å². The van der Waals surface area contributed by atoms with Crippen LogP contribution >= 0.6 is 0 Å². The number of ketones is 1. The molecule has 0 saturated heterocycles. The summed E-state index contributed by atoms with van der Waals surface area (Å²) < 4.78 is 47.7. The van der Waals surface area contributed by atoms with Gasteiger partial charge < -0.3 is 9.47 Å². The first-order valence-electron chi connectivity index (χ1n) is 5.74. The molecule has 0 bridgehead atoms. The summed E-state index contributed by atoms with van der Waals surface area (Å²) in [6, 6.07) is 0. The lowest BCUT2D eigenvalue weighted by molar-refractivity contribution is -0.142. The van der Waals surface area contributed by atoms with Gasteiger partial charge in [0.2, 0.25) is 0 Å². The number of esters is 1. The van der Waals surface area contributed by atoms with Crippen LogP contribution in [0, 0.1) is 5.41 Å². The summed E-state index contributed by atoms with van der Waals surface area (Å²) in [6.45, 7) is -1.50. The molecule has 0 saturated carbocycles. The van der Waals surface area contributed by atoms with E-state index in [9.17, 15) is 22.8 Å². The molecule has 0 N–H and O–H groups in total. The summed E-state index contributed by atoms with van der Waals surface area (Å²) in [4.78, 5) is 23.4. The molecule has 0 aliphatic carbocycles. The quantitative estimate of drug-likeness (QED) is 0.213. The van der Waals surface area contributed by atoms with Gasteiger partial charge in [-0.05, 0) is 13.8 Å². The van der Waals surface area contributed by atoms with Gasteiger partial charge in [0.15, 0.2) is 5.78 Å². The summed E-state index contributed by atoms with van der Waals surface area (Å²) in [5.74, 6) is -2.40. The number of ether oxygens (including phenoxy) is 2. The highest BCUT2D eigenvalue weighted by atomic mass is 19.1. The lowest BCUT2D eigenvalue weighted by atomic mass is 9.84. The fourth-order valence-corrected chi connectivity index (χ4v) is 1.14. The number of Topliss-reactive ketones (excluding diaryl/α,β-unsaturated/α-hetero) is 1. The van der Waals surface area contributed by atoms with Crippen molar-refractivity contribution in [3.63, 3.8) is 0 Å². The van der Waals surface area contributed by atoms with Crippen LogP contribution < -0.4 is 0 Å². The summed E-state index contributed by atoms with van der Waals surface area (Å²) >= 11 is 0. The summed E-state index contributed by atoms with van der Waals surface area (Å²) in [7, 11) is 0. The largest absolute Gasteiger partial charge is 0.500 e. The maximum Gasteiger partial charge on any atom is 0.344 e. The standard InChI is InChI=1S/C12H17F3O4/c1-3-18-5-9(11(17)19-4-2)10(16)12(6-13,7-14)8-15/h5H,3-4,6-8H2,1-2H3. The molecule has 0 heterocycles. The molecule has 0 unspecified atom stereocenters. The Morgan fingerprint density at radius 3 is 1.95 bits per heavy atom. The van der Waals surface area contributed by atoms with Crippen LogP contribution in [0.15, 0.2) is 11.8 Å². The zero-order chi connectivity index (χ0) is 14.9. The fraction of sp³-hybridized carbons (Fsp3) is 0.667. The van der Waals surface area contributed by atoms with E-state index in [1.807, 2.05) is 0 Å². The van der Waals surface area contributed by atoms with Crippen LogP contribution in [-0.4, -0.2) is 45.0 Å². The minimum absolute atomic E-state index is 0.0382. The van der Waals surface area contributed by atoms with Crippen molar-refractivity contribution in [1.29, 1.82) is 0 Å². The van der Waals surface area contributed by atoms with Crippen molar-refractivity contribution in [2.24, 2.45) is 5.41 Å². The zero-order valence-electron chi connectivity index (χ0n) is 10.9. The molecular weight excluding hydrogens is 265 g/mol. The molecule has 110 valence electrons. The predicted octanol–water partition coefficient (Wildman–Crippen LogP) is 1.93. The van der Waals surface area contributed by atoms with Gasteiger partial charge in [0, 0.05) is 0 Å². The number of hydrogen-bond donors (Lipinski definition) is 0. The molecule has 0 aromatic heterocycles. The van der Waals surface area contributed by atoms with Gasteiger partial charge in [0.1, 0.15) is 37.3 Å². The molecular formula is C12H17F3O4. The van der Waals surface area contributed by atoms with E-state index in [1.54, 1.807) is 6.92 Å². The number of rotatable bonds is 9. The Hall–Kier alpha value is -1.53. The third kappa shape index (κ3) is 4.25. The normalized spacial score (nSPS) is 12.2. The van der Waals surface area contributed by atoms with E-state index in [0.29, 0.717) is 0 Å². The Kier molecular flexibility index (Phi) is 7.86. The maximum absolute atomic E-state index is 12.8. The second kappa shape index (κ2) is 8.55. The van der Waals surface area contributed by atoms with E-state index in [1.165, 1.54) is 6.92 Å². The molecule has 19 heavy (non-hydrogen) atoms. The Morgan fingerprint density at radius 1 is 1.05 bits per heavy atom. The third-order valence-electron chi connectivity index (χ3n) is 2.36. The molecule has 0 spiro atoms. The molecule has 4 nitrogen and oxygen atoms in total. The van der Waals surface area contributed by atoms with E-state index >= 15 is 0 Å². The van der Waals surface area contributed by atoms with Crippen molar-refractivity contribution >= 4 is 11.8 Å². The van der Waals surface area contributed by atoms with Crippen molar-refractivity contribution in [2.75, 3.05) is 33.2 Å². The molecule has 0 rings (SSSR count). The molecule has 0 aromatic rings. The van der Waals surface area contributed by atoms with Crippen molar-refractivity contribution in [2.45, 2.75) is 13.8 Å². The molecule has 0 aromatic carbocycles. The van der Waals surface area contributed by atoms with Crippen LogP contribution in [0.25, 0.3) is 0 Å². The van der Waals surface area contributed by atoms with E-state index in [0.717, 1.165) is 6.26 Å². The highest BCUT2D eigenvalue weighted by molar-refractivity contribution is 6.19. The number of carbonyl (C=O) groups excluding carboxylic acids is 2. The molecule has 7 heteroatoms. The van der Waals surface area contributed by atoms with E-state index < -0.39 is 42.8 Å². The Balaban J connectivity index is 5.36. The molecule has 0 fully saturated rings. The minimum atomic E-state index is -2.50. The summed E-state index contributed by atoms with van der Waals surface area (Å²) in [5.41, 5.74) is -3.20. The Bertz CT molecular complexity index is 330. The number of alkyl halides is 3. The van der Waals surface area contributed by atoms with Crippen LogP contribution in [-0.2, 0) is 19.1 Å². The van der Waals surface area contributed by atoms with Crippen LogP contribution in [0.2, 0.25) is 0 Å². The van der Waals surface area contributed by atoms with E-state index in [2.05, 4.69) is 4.74 Å². The van der Waals surface area contributed by atoms with Crippen LogP contribution in [0.3, 0.4) is 0 Å². The minimum Gasteiger partial charge on any atom is -0.500 e.